The minimum absolute atomic E-state index is 0.105. The first kappa shape index (κ1) is 13.7. The molecule has 2 N–H and O–H groups in total. The van der Waals surface area contributed by atoms with E-state index in [1.807, 2.05) is 6.92 Å². The van der Waals surface area contributed by atoms with Crippen LogP contribution in [0.4, 0.5) is 5.69 Å². The number of nitrogens with one attached hydrogen (secondary N) is 1. The van der Waals surface area contributed by atoms with Crippen LogP contribution in [-0.4, -0.2) is 11.0 Å². The summed E-state index contributed by atoms with van der Waals surface area (Å²) in [6, 6.07) is 9.23. The summed E-state index contributed by atoms with van der Waals surface area (Å²) in [5.74, 6) is -0.213. The lowest BCUT2D eigenvalue weighted by Gasteiger charge is -2.09. The van der Waals surface area contributed by atoms with Crippen molar-refractivity contribution >= 4 is 34.8 Å². The van der Waals surface area contributed by atoms with Crippen LogP contribution in [0.15, 0.2) is 36.4 Å². The van der Waals surface area contributed by atoms with Crippen LogP contribution in [0, 0.1) is 6.92 Å². The summed E-state index contributed by atoms with van der Waals surface area (Å²) in [5, 5.41) is 12.8. The lowest BCUT2D eigenvalue weighted by atomic mass is 10.2. The van der Waals surface area contributed by atoms with E-state index in [1.54, 1.807) is 12.1 Å². The van der Waals surface area contributed by atoms with Gasteiger partial charge in [0.15, 0.2) is 0 Å². The van der Waals surface area contributed by atoms with Gasteiger partial charge in [-0.1, -0.05) is 23.2 Å². The molecule has 5 heteroatoms. The molecule has 0 spiro atoms. The molecule has 1 amide bonds. The maximum Gasteiger partial charge on any atom is 0.255 e. The zero-order valence-electron chi connectivity index (χ0n) is 10.1. The van der Waals surface area contributed by atoms with Crippen molar-refractivity contribution in [2.45, 2.75) is 6.92 Å². The van der Waals surface area contributed by atoms with Crippen LogP contribution in [-0.2, 0) is 0 Å². The van der Waals surface area contributed by atoms with E-state index in [0.29, 0.717) is 21.3 Å². The van der Waals surface area contributed by atoms with Gasteiger partial charge in [-0.2, -0.15) is 0 Å². The summed E-state index contributed by atoms with van der Waals surface area (Å²) in [7, 11) is 0. The first-order chi connectivity index (χ1) is 8.97. The molecular formula is C14H11Cl2NO2. The van der Waals surface area contributed by atoms with Gasteiger partial charge in [0.25, 0.3) is 5.91 Å². The molecule has 0 unspecified atom stereocenters. The normalized spacial score (nSPS) is 10.3. The standard InChI is InChI=1S/C14H11Cl2NO2/c1-8-6-12(16)13(7-11(8)15)17-14(19)9-2-4-10(18)5-3-9/h2-7,18H,1H3,(H,17,19). The summed E-state index contributed by atoms with van der Waals surface area (Å²) in [5.41, 5.74) is 1.72. The van der Waals surface area contributed by atoms with Crippen molar-refractivity contribution in [3.63, 3.8) is 0 Å². The van der Waals surface area contributed by atoms with Crippen molar-refractivity contribution < 1.29 is 9.90 Å². The number of amides is 1. The summed E-state index contributed by atoms with van der Waals surface area (Å²) in [4.78, 5) is 12.0. The fourth-order valence-corrected chi connectivity index (χ4v) is 1.98. The number of anilines is 1. The largest absolute Gasteiger partial charge is 0.508 e. The number of halogens is 2. The van der Waals surface area contributed by atoms with E-state index < -0.39 is 0 Å². The van der Waals surface area contributed by atoms with Crippen LogP contribution < -0.4 is 5.32 Å². The highest BCUT2D eigenvalue weighted by molar-refractivity contribution is 6.36. The number of carbonyl (C=O) groups is 1. The van der Waals surface area contributed by atoms with Crippen molar-refractivity contribution in [2.75, 3.05) is 5.32 Å². The molecule has 0 saturated carbocycles. The Kier molecular flexibility index (Phi) is 3.98. The SMILES string of the molecule is Cc1cc(Cl)c(NC(=O)c2ccc(O)cc2)cc1Cl. The Balaban J connectivity index is 2.24. The molecule has 0 heterocycles. The zero-order chi connectivity index (χ0) is 14.0. The van der Waals surface area contributed by atoms with Gasteiger partial charge < -0.3 is 10.4 Å². The maximum atomic E-state index is 12.0. The Hall–Kier alpha value is -1.71. The Morgan fingerprint density at radius 1 is 1.11 bits per heavy atom. The molecule has 0 aromatic heterocycles. The second kappa shape index (κ2) is 5.51. The van der Waals surface area contributed by atoms with E-state index in [0.717, 1.165) is 5.56 Å². The Morgan fingerprint density at radius 2 is 1.74 bits per heavy atom. The van der Waals surface area contributed by atoms with E-state index >= 15 is 0 Å². The fraction of sp³-hybridized carbons (Fsp3) is 0.0714. The monoisotopic (exact) mass is 295 g/mol. The summed E-state index contributed by atoms with van der Waals surface area (Å²) in [6.07, 6.45) is 0. The first-order valence-electron chi connectivity index (χ1n) is 5.53. The predicted molar refractivity (Wildman–Crippen MR) is 77.3 cm³/mol. The molecule has 0 aliphatic rings. The van der Waals surface area contributed by atoms with Crippen molar-refractivity contribution in [3.8, 4) is 5.75 Å². The molecule has 98 valence electrons. The van der Waals surface area contributed by atoms with Crippen LogP contribution in [0.1, 0.15) is 15.9 Å². The molecular weight excluding hydrogens is 285 g/mol. The lowest BCUT2D eigenvalue weighted by Crippen LogP contribution is -2.12. The Labute approximate surface area is 120 Å². The number of carbonyl (C=O) groups excluding carboxylic acids is 1. The molecule has 19 heavy (non-hydrogen) atoms. The van der Waals surface area contributed by atoms with Crippen LogP contribution >= 0.6 is 23.2 Å². The van der Waals surface area contributed by atoms with Gasteiger partial charge in [-0.15, -0.1) is 0 Å². The van der Waals surface area contributed by atoms with E-state index in [4.69, 9.17) is 28.3 Å². The van der Waals surface area contributed by atoms with Crippen molar-refractivity contribution in [3.05, 3.63) is 57.6 Å². The number of hydrogen-bond donors (Lipinski definition) is 2. The maximum absolute atomic E-state index is 12.0. The van der Waals surface area contributed by atoms with Crippen molar-refractivity contribution in [2.24, 2.45) is 0 Å². The third-order valence-corrected chi connectivity index (χ3v) is 3.35. The molecule has 0 saturated heterocycles. The van der Waals surface area contributed by atoms with Gasteiger partial charge in [0, 0.05) is 10.6 Å². The van der Waals surface area contributed by atoms with Crippen LogP contribution in [0.3, 0.4) is 0 Å². The smallest absolute Gasteiger partial charge is 0.255 e. The van der Waals surface area contributed by atoms with Gasteiger partial charge in [0.05, 0.1) is 10.7 Å². The molecule has 0 fully saturated rings. The average molecular weight is 296 g/mol. The van der Waals surface area contributed by atoms with Gasteiger partial charge in [-0.25, -0.2) is 0 Å². The Bertz CT molecular complexity index is 624. The predicted octanol–water partition coefficient (Wildman–Crippen LogP) is 4.26. The number of phenolic OH excluding ortho intramolecular Hbond substituents is 1. The highest BCUT2D eigenvalue weighted by Crippen LogP contribution is 2.29. The highest BCUT2D eigenvalue weighted by atomic mass is 35.5. The molecule has 3 nitrogen and oxygen atoms in total. The van der Waals surface area contributed by atoms with Gasteiger partial charge in [0.2, 0.25) is 0 Å². The average Bonchev–Trinajstić information content (AvgIpc) is 2.36. The Morgan fingerprint density at radius 3 is 2.37 bits per heavy atom. The zero-order valence-corrected chi connectivity index (χ0v) is 11.6. The number of aromatic hydroxyl groups is 1. The summed E-state index contributed by atoms with van der Waals surface area (Å²) >= 11 is 12.0. The highest BCUT2D eigenvalue weighted by Gasteiger charge is 2.10. The van der Waals surface area contributed by atoms with E-state index in [-0.39, 0.29) is 11.7 Å². The van der Waals surface area contributed by atoms with E-state index in [1.165, 1.54) is 24.3 Å². The minimum atomic E-state index is -0.318. The number of aryl methyl sites for hydroxylation is 1. The summed E-state index contributed by atoms with van der Waals surface area (Å²) < 4.78 is 0. The van der Waals surface area contributed by atoms with Gasteiger partial charge in [0.1, 0.15) is 5.75 Å². The topological polar surface area (TPSA) is 49.3 Å². The molecule has 0 radical (unpaired) electrons. The van der Waals surface area contributed by atoms with Crippen molar-refractivity contribution in [1.29, 1.82) is 0 Å². The van der Waals surface area contributed by atoms with Crippen LogP contribution in [0.2, 0.25) is 10.0 Å². The van der Waals surface area contributed by atoms with Crippen molar-refractivity contribution in [1.82, 2.24) is 0 Å². The molecule has 0 bridgehead atoms. The van der Waals surface area contributed by atoms with E-state index in [9.17, 15) is 4.79 Å². The molecule has 2 aromatic rings. The number of hydrogen-bond acceptors (Lipinski definition) is 2. The van der Waals surface area contributed by atoms with Gasteiger partial charge in [-0.05, 0) is 48.9 Å². The van der Waals surface area contributed by atoms with Crippen LogP contribution in [0.5, 0.6) is 5.75 Å². The second-order valence-electron chi connectivity index (χ2n) is 4.08. The fourth-order valence-electron chi connectivity index (χ4n) is 1.55. The molecule has 2 aromatic carbocycles. The van der Waals surface area contributed by atoms with Crippen LogP contribution in [0.25, 0.3) is 0 Å². The second-order valence-corrected chi connectivity index (χ2v) is 4.90. The molecule has 2 rings (SSSR count). The third-order valence-electron chi connectivity index (χ3n) is 2.63. The first-order valence-corrected chi connectivity index (χ1v) is 6.29. The number of phenols is 1. The third kappa shape index (κ3) is 3.19. The molecule has 0 aliphatic heterocycles. The molecule has 0 aliphatic carbocycles. The number of rotatable bonds is 2. The summed E-state index contributed by atoms with van der Waals surface area (Å²) in [6.45, 7) is 1.83. The lowest BCUT2D eigenvalue weighted by molar-refractivity contribution is 0.102. The minimum Gasteiger partial charge on any atom is -0.508 e. The van der Waals surface area contributed by atoms with E-state index in [2.05, 4.69) is 5.32 Å². The van der Waals surface area contributed by atoms with Gasteiger partial charge in [-0.3, -0.25) is 4.79 Å². The van der Waals surface area contributed by atoms with Gasteiger partial charge >= 0.3 is 0 Å². The molecule has 0 atom stereocenters. The quantitative estimate of drug-likeness (QED) is 0.870. The number of benzene rings is 2.